The number of nitrogens with zero attached hydrogens (tertiary/aromatic N) is 3. The van der Waals surface area contributed by atoms with E-state index < -0.39 is 0 Å². The summed E-state index contributed by atoms with van der Waals surface area (Å²) in [6, 6.07) is 6.22. The summed E-state index contributed by atoms with van der Waals surface area (Å²) in [5.41, 5.74) is 1.49. The van der Waals surface area contributed by atoms with Crippen LogP contribution in [0.3, 0.4) is 0 Å². The monoisotopic (exact) mass is 255 g/mol. The Labute approximate surface area is 88.7 Å². The number of alkyl halides is 1. The molecule has 0 fully saturated rings. The SMILES string of the molecule is Fc1cccc(-n2cc(CBr)nn2)c1. The maximum absolute atomic E-state index is 12.9. The van der Waals surface area contributed by atoms with Gasteiger partial charge in [-0.2, -0.15) is 0 Å². The molecule has 14 heavy (non-hydrogen) atoms. The van der Waals surface area contributed by atoms with Gasteiger partial charge in [0.1, 0.15) is 5.82 Å². The zero-order valence-corrected chi connectivity index (χ0v) is 8.78. The van der Waals surface area contributed by atoms with E-state index in [1.54, 1.807) is 23.0 Å². The van der Waals surface area contributed by atoms with Crippen molar-refractivity contribution in [2.75, 3.05) is 0 Å². The molecule has 0 spiro atoms. The second-order valence-electron chi connectivity index (χ2n) is 2.77. The lowest BCUT2D eigenvalue weighted by Crippen LogP contribution is -1.94. The summed E-state index contributed by atoms with van der Waals surface area (Å²) >= 11 is 3.27. The zero-order valence-electron chi connectivity index (χ0n) is 7.19. The van der Waals surface area contributed by atoms with Crippen molar-refractivity contribution < 1.29 is 4.39 Å². The summed E-state index contributed by atoms with van der Waals surface area (Å²) in [5.74, 6) is -0.279. The maximum atomic E-state index is 12.9. The number of rotatable bonds is 2. The van der Waals surface area contributed by atoms with E-state index in [9.17, 15) is 4.39 Å². The van der Waals surface area contributed by atoms with Gasteiger partial charge in [0, 0.05) is 5.33 Å². The van der Waals surface area contributed by atoms with Gasteiger partial charge in [-0.3, -0.25) is 0 Å². The van der Waals surface area contributed by atoms with E-state index in [2.05, 4.69) is 26.2 Å². The van der Waals surface area contributed by atoms with Crippen LogP contribution in [0, 0.1) is 5.82 Å². The van der Waals surface area contributed by atoms with Crippen LogP contribution in [0.15, 0.2) is 30.5 Å². The Kier molecular flexibility index (Phi) is 2.58. The van der Waals surface area contributed by atoms with Crippen molar-refractivity contribution >= 4 is 15.9 Å². The Morgan fingerprint density at radius 1 is 1.43 bits per heavy atom. The number of aromatic nitrogens is 3. The molecular formula is C9H7BrFN3. The highest BCUT2D eigenvalue weighted by Crippen LogP contribution is 2.09. The zero-order chi connectivity index (χ0) is 9.97. The first-order chi connectivity index (χ1) is 6.79. The van der Waals surface area contributed by atoms with E-state index in [1.807, 2.05) is 0 Å². The molecule has 0 unspecified atom stereocenters. The third-order valence-electron chi connectivity index (χ3n) is 1.75. The summed E-state index contributed by atoms with van der Waals surface area (Å²) in [6.45, 7) is 0. The average Bonchev–Trinajstić information content (AvgIpc) is 2.66. The number of hydrogen-bond acceptors (Lipinski definition) is 2. The number of halogens is 2. The lowest BCUT2D eigenvalue weighted by molar-refractivity contribution is 0.625. The lowest BCUT2D eigenvalue weighted by Gasteiger charge is -1.98. The van der Waals surface area contributed by atoms with Crippen LogP contribution in [0.1, 0.15) is 5.69 Å². The minimum atomic E-state index is -0.279. The molecule has 5 heteroatoms. The summed E-state index contributed by atoms with van der Waals surface area (Å²) in [7, 11) is 0. The van der Waals surface area contributed by atoms with E-state index >= 15 is 0 Å². The average molecular weight is 256 g/mol. The molecule has 2 aromatic rings. The molecule has 1 aromatic heterocycles. The molecule has 0 saturated heterocycles. The van der Waals surface area contributed by atoms with Gasteiger partial charge < -0.3 is 0 Å². The Balaban J connectivity index is 2.39. The van der Waals surface area contributed by atoms with Crippen molar-refractivity contribution in [3.63, 3.8) is 0 Å². The molecule has 0 saturated carbocycles. The molecule has 0 aliphatic rings. The summed E-state index contributed by atoms with van der Waals surface area (Å²) in [6.07, 6.45) is 1.75. The molecule has 72 valence electrons. The maximum Gasteiger partial charge on any atom is 0.125 e. The van der Waals surface area contributed by atoms with Crippen LogP contribution in [0.2, 0.25) is 0 Å². The summed E-state index contributed by atoms with van der Waals surface area (Å²) in [5, 5.41) is 8.39. The first-order valence-corrected chi connectivity index (χ1v) is 5.15. The van der Waals surface area contributed by atoms with Gasteiger partial charge in [-0.05, 0) is 18.2 Å². The van der Waals surface area contributed by atoms with Crippen LogP contribution in [0.4, 0.5) is 4.39 Å². The van der Waals surface area contributed by atoms with Crippen molar-refractivity contribution in [1.29, 1.82) is 0 Å². The van der Waals surface area contributed by atoms with Crippen LogP contribution in [-0.4, -0.2) is 15.0 Å². The van der Waals surface area contributed by atoms with Gasteiger partial charge in [-0.25, -0.2) is 9.07 Å². The van der Waals surface area contributed by atoms with Gasteiger partial charge in [0.25, 0.3) is 0 Å². The number of benzene rings is 1. The van der Waals surface area contributed by atoms with E-state index in [0.717, 1.165) is 5.69 Å². The largest absolute Gasteiger partial charge is 0.220 e. The van der Waals surface area contributed by atoms with Crippen molar-refractivity contribution in [3.8, 4) is 5.69 Å². The van der Waals surface area contributed by atoms with Gasteiger partial charge in [0.15, 0.2) is 0 Å². The molecule has 0 N–H and O–H groups in total. The van der Waals surface area contributed by atoms with E-state index in [4.69, 9.17) is 0 Å². The summed E-state index contributed by atoms with van der Waals surface area (Å²) in [4.78, 5) is 0. The molecule has 0 aliphatic heterocycles. The van der Waals surface area contributed by atoms with Crippen LogP contribution in [0.5, 0.6) is 0 Å². The quantitative estimate of drug-likeness (QED) is 0.772. The third kappa shape index (κ3) is 1.82. The van der Waals surface area contributed by atoms with Crippen LogP contribution >= 0.6 is 15.9 Å². The normalized spacial score (nSPS) is 10.4. The molecule has 1 aromatic carbocycles. The van der Waals surface area contributed by atoms with Gasteiger partial charge in [-0.1, -0.05) is 27.2 Å². The highest BCUT2D eigenvalue weighted by atomic mass is 79.9. The van der Waals surface area contributed by atoms with Gasteiger partial charge in [0.05, 0.1) is 17.6 Å². The Hall–Kier alpha value is -1.23. The lowest BCUT2D eigenvalue weighted by atomic mass is 10.3. The smallest absolute Gasteiger partial charge is 0.125 e. The molecule has 0 aliphatic carbocycles. The molecule has 0 amide bonds. The van der Waals surface area contributed by atoms with Crippen molar-refractivity contribution in [3.05, 3.63) is 42.0 Å². The summed E-state index contributed by atoms with van der Waals surface area (Å²) < 4.78 is 14.4. The van der Waals surface area contributed by atoms with Gasteiger partial charge in [-0.15, -0.1) is 5.10 Å². The van der Waals surface area contributed by atoms with Crippen molar-refractivity contribution in [2.45, 2.75) is 5.33 Å². The van der Waals surface area contributed by atoms with Gasteiger partial charge >= 0.3 is 0 Å². The standard InChI is InChI=1S/C9H7BrFN3/c10-5-8-6-14(13-12-8)9-3-1-2-7(11)4-9/h1-4,6H,5H2. The topological polar surface area (TPSA) is 30.7 Å². The van der Waals surface area contributed by atoms with E-state index in [-0.39, 0.29) is 5.82 Å². The van der Waals surface area contributed by atoms with Gasteiger partial charge in [0.2, 0.25) is 0 Å². The van der Waals surface area contributed by atoms with Crippen LogP contribution < -0.4 is 0 Å². The Bertz CT molecular complexity index is 441. The second-order valence-corrected chi connectivity index (χ2v) is 3.33. The predicted octanol–water partition coefficient (Wildman–Crippen LogP) is 2.30. The number of hydrogen-bond donors (Lipinski definition) is 0. The fraction of sp³-hybridized carbons (Fsp3) is 0.111. The van der Waals surface area contributed by atoms with E-state index in [1.165, 1.54) is 12.1 Å². The second kappa shape index (κ2) is 3.88. The molecule has 3 nitrogen and oxygen atoms in total. The molecule has 2 rings (SSSR count). The first-order valence-electron chi connectivity index (χ1n) is 4.03. The minimum absolute atomic E-state index is 0.279. The fourth-order valence-electron chi connectivity index (χ4n) is 1.10. The van der Waals surface area contributed by atoms with E-state index in [0.29, 0.717) is 11.0 Å². The molecule has 0 radical (unpaired) electrons. The van der Waals surface area contributed by atoms with Crippen LogP contribution in [0.25, 0.3) is 5.69 Å². The van der Waals surface area contributed by atoms with Crippen molar-refractivity contribution in [1.82, 2.24) is 15.0 Å². The highest BCUT2D eigenvalue weighted by molar-refractivity contribution is 9.08. The minimum Gasteiger partial charge on any atom is -0.220 e. The molecule has 0 bridgehead atoms. The molecule has 1 heterocycles. The Morgan fingerprint density at radius 3 is 2.93 bits per heavy atom. The third-order valence-corrected chi connectivity index (χ3v) is 2.32. The fourth-order valence-corrected chi connectivity index (χ4v) is 1.36. The molecular weight excluding hydrogens is 249 g/mol. The predicted molar refractivity (Wildman–Crippen MR) is 53.9 cm³/mol. The highest BCUT2D eigenvalue weighted by Gasteiger charge is 2.01. The molecule has 0 atom stereocenters. The van der Waals surface area contributed by atoms with Crippen LogP contribution in [-0.2, 0) is 5.33 Å². The first kappa shape index (κ1) is 9.33. The van der Waals surface area contributed by atoms with Crippen molar-refractivity contribution in [2.24, 2.45) is 0 Å². The Morgan fingerprint density at radius 2 is 2.29 bits per heavy atom.